The van der Waals surface area contributed by atoms with Crippen molar-refractivity contribution in [3.05, 3.63) is 0 Å². The highest BCUT2D eigenvalue weighted by Gasteiger charge is 2.45. The highest BCUT2D eigenvalue weighted by atomic mass is 28.4. The zero-order chi connectivity index (χ0) is 17.6. The summed E-state index contributed by atoms with van der Waals surface area (Å²) >= 11 is 0. The standard InChI is InChI=1S/C14H34O7Si2/c1-7-16-22(17-8-2,18-9-3)13-15-14-23(19-10-4,20-11-5)21-12-6/h7-14H2,1-6H3. The summed E-state index contributed by atoms with van der Waals surface area (Å²) in [6.07, 6.45) is 0.509. The van der Waals surface area contributed by atoms with Gasteiger partial charge in [-0.2, -0.15) is 0 Å². The van der Waals surface area contributed by atoms with E-state index in [2.05, 4.69) is 0 Å². The monoisotopic (exact) mass is 370 g/mol. The highest BCUT2D eigenvalue weighted by Crippen LogP contribution is 2.15. The van der Waals surface area contributed by atoms with Gasteiger partial charge in [0.1, 0.15) is 12.5 Å². The molecule has 0 aliphatic heterocycles. The number of hydrogen-bond acceptors (Lipinski definition) is 7. The molecular formula is C14H34O7Si2. The second-order valence-corrected chi connectivity index (χ2v) is 9.50. The Morgan fingerprint density at radius 3 is 0.826 bits per heavy atom. The quantitative estimate of drug-likeness (QED) is 0.386. The van der Waals surface area contributed by atoms with Gasteiger partial charge in [0.25, 0.3) is 0 Å². The average molecular weight is 371 g/mol. The smallest absolute Gasteiger partial charge is 0.372 e. The van der Waals surface area contributed by atoms with Gasteiger partial charge in [0.05, 0.1) is 0 Å². The largest absolute Gasteiger partial charge is 0.528 e. The Labute approximate surface area is 143 Å². The van der Waals surface area contributed by atoms with Gasteiger partial charge in [-0.05, 0) is 41.5 Å². The first-order chi connectivity index (χ1) is 11.1. The summed E-state index contributed by atoms with van der Waals surface area (Å²) < 4.78 is 40.5. The first kappa shape index (κ1) is 23.2. The van der Waals surface area contributed by atoms with Crippen LogP contribution in [0.25, 0.3) is 0 Å². The van der Waals surface area contributed by atoms with Gasteiger partial charge in [-0.25, -0.2) is 0 Å². The minimum Gasteiger partial charge on any atom is -0.372 e. The van der Waals surface area contributed by atoms with Gasteiger partial charge in [-0.1, -0.05) is 0 Å². The molecule has 0 aromatic carbocycles. The Hall–Kier alpha value is 0.154. The molecule has 0 amide bonds. The molecule has 0 spiro atoms. The Kier molecular flexibility index (Phi) is 13.5. The van der Waals surface area contributed by atoms with Crippen LogP contribution < -0.4 is 0 Å². The fraction of sp³-hybridized carbons (Fsp3) is 1.00. The molecule has 0 aromatic rings. The molecule has 0 rings (SSSR count). The molecular weight excluding hydrogens is 336 g/mol. The number of rotatable bonds is 16. The summed E-state index contributed by atoms with van der Waals surface area (Å²) in [6.45, 7) is 14.6. The van der Waals surface area contributed by atoms with E-state index in [1.165, 1.54) is 0 Å². The van der Waals surface area contributed by atoms with Crippen molar-refractivity contribution in [3.63, 3.8) is 0 Å². The van der Waals surface area contributed by atoms with Gasteiger partial charge >= 0.3 is 17.6 Å². The van der Waals surface area contributed by atoms with Gasteiger partial charge in [0.2, 0.25) is 0 Å². The molecule has 140 valence electrons. The summed E-state index contributed by atoms with van der Waals surface area (Å²) in [4.78, 5) is 0. The Morgan fingerprint density at radius 1 is 0.435 bits per heavy atom. The Bertz CT molecular complexity index is 222. The van der Waals surface area contributed by atoms with E-state index in [9.17, 15) is 0 Å². The first-order valence-corrected chi connectivity index (χ1v) is 12.3. The van der Waals surface area contributed by atoms with E-state index in [0.29, 0.717) is 39.6 Å². The van der Waals surface area contributed by atoms with Crippen molar-refractivity contribution in [2.75, 3.05) is 52.1 Å². The Balaban J connectivity index is 4.82. The van der Waals surface area contributed by atoms with Crippen LogP contribution in [0.1, 0.15) is 41.5 Å². The van der Waals surface area contributed by atoms with Gasteiger partial charge in [0, 0.05) is 39.6 Å². The molecule has 7 nitrogen and oxygen atoms in total. The van der Waals surface area contributed by atoms with Crippen molar-refractivity contribution in [3.8, 4) is 0 Å². The maximum Gasteiger partial charge on any atom is 0.528 e. The van der Waals surface area contributed by atoms with Gasteiger partial charge < -0.3 is 31.3 Å². The summed E-state index contributed by atoms with van der Waals surface area (Å²) in [5, 5.41) is 0. The Morgan fingerprint density at radius 2 is 0.652 bits per heavy atom. The van der Waals surface area contributed by atoms with Crippen LogP contribution >= 0.6 is 0 Å². The van der Waals surface area contributed by atoms with Crippen LogP contribution in [0.5, 0.6) is 0 Å². The van der Waals surface area contributed by atoms with E-state index in [4.69, 9.17) is 31.3 Å². The molecule has 0 radical (unpaired) electrons. The average Bonchev–Trinajstić information content (AvgIpc) is 2.49. The second-order valence-electron chi connectivity index (χ2n) is 4.46. The van der Waals surface area contributed by atoms with Crippen molar-refractivity contribution in [1.29, 1.82) is 0 Å². The minimum absolute atomic E-state index is 0.254. The molecule has 23 heavy (non-hydrogen) atoms. The molecule has 0 aromatic heterocycles. The molecule has 0 aliphatic carbocycles. The van der Waals surface area contributed by atoms with Crippen molar-refractivity contribution >= 4 is 17.6 Å². The van der Waals surface area contributed by atoms with Crippen molar-refractivity contribution < 1.29 is 31.3 Å². The predicted octanol–water partition coefficient (Wildman–Crippen LogP) is 2.18. The van der Waals surface area contributed by atoms with Crippen LogP contribution in [0.3, 0.4) is 0 Å². The van der Waals surface area contributed by atoms with Crippen LogP contribution in [-0.2, 0) is 31.3 Å². The van der Waals surface area contributed by atoms with Crippen LogP contribution in [0.4, 0.5) is 0 Å². The zero-order valence-electron chi connectivity index (χ0n) is 15.5. The minimum atomic E-state index is -2.83. The fourth-order valence-corrected chi connectivity index (χ4v) is 6.67. The van der Waals surface area contributed by atoms with Gasteiger partial charge in [-0.3, -0.25) is 0 Å². The van der Waals surface area contributed by atoms with E-state index in [0.717, 1.165) is 0 Å². The summed E-state index contributed by atoms with van der Waals surface area (Å²) in [5.74, 6) is 0. The van der Waals surface area contributed by atoms with E-state index in [1.807, 2.05) is 41.5 Å². The van der Waals surface area contributed by atoms with Crippen molar-refractivity contribution in [2.24, 2.45) is 0 Å². The van der Waals surface area contributed by atoms with Crippen LogP contribution in [0.15, 0.2) is 0 Å². The lowest BCUT2D eigenvalue weighted by Crippen LogP contribution is -2.55. The maximum absolute atomic E-state index is 5.85. The number of hydrogen-bond donors (Lipinski definition) is 0. The normalized spacial score (nSPS) is 12.8. The fourth-order valence-electron chi connectivity index (χ4n) is 2.12. The second kappa shape index (κ2) is 13.4. The molecule has 0 saturated carbocycles. The van der Waals surface area contributed by atoms with Gasteiger partial charge in [-0.15, -0.1) is 0 Å². The lowest BCUT2D eigenvalue weighted by Gasteiger charge is -2.31. The zero-order valence-corrected chi connectivity index (χ0v) is 17.5. The molecule has 0 N–H and O–H groups in total. The van der Waals surface area contributed by atoms with Crippen LogP contribution in [-0.4, -0.2) is 69.7 Å². The molecule has 0 atom stereocenters. The predicted molar refractivity (Wildman–Crippen MR) is 92.1 cm³/mol. The lowest BCUT2D eigenvalue weighted by atomic mass is 10.9. The third-order valence-corrected chi connectivity index (χ3v) is 8.23. The molecule has 9 heteroatoms. The molecule has 0 fully saturated rings. The topological polar surface area (TPSA) is 64.6 Å². The molecule has 0 bridgehead atoms. The van der Waals surface area contributed by atoms with E-state index >= 15 is 0 Å². The molecule has 0 aliphatic rings. The third-order valence-electron chi connectivity index (χ3n) is 2.74. The van der Waals surface area contributed by atoms with Crippen LogP contribution in [0.2, 0.25) is 0 Å². The van der Waals surface area contributed by atoms with E-state index in [-0.39, 0.29) is 12.5 Å². The highest BCUT2D eigenvalue weighted by molar-refractivity contribution is 6.62. The number of ether oxygens (including phenoxy) is 1. The van der Waals surface area contributed by atoms with Crippen LogP contribution in [0, 0.1) is 0 Å². The molecule has 0 saturated heterocycles. The first-order valence-electron chi connectivity index (χ1n) is 8.48. The molecule has 0 unspecified atom stereocenters. The summed E-state index contributed by atoms with van der Waals surface area (Å²) in [6, 6.07) is 0. The lowest BCUT2D eigenvalue weighted by molar-refractivity contribution is 0.0103. The van der Waals surface area contributed by atoms with E-state index in [1.54, 1.807) is 0 Å². The maximum atomic E-state index is 5.85. The van der Waals surface area contributed by atoms with Crippen molar-refractivity contribution in [2.45, 2.75) is 41.5 Å². The SMILES string of the molecule is CCO[Si](COC[Si](OCC)(OCC)OCC)(OCC)OCC. The summed E-state index contributed by atoms with van der Waals surface area (Å²) in [5.41, 5.74) is 0. The molecule has 0 heterocycles. The third kappa shape index (κ3) is 8.70. The van der Waals surface area contributed by atoms with Gasteiger partial charge in [0.15, 0.2) is 0 Å². The summed E-state index contributed by atoms with van der Waals surface area (Å²) in [7, 11) is -5.66. The van der Waals surface area contributed by atoms with Crippen molar-refractivity contribution in [1.82, 2.24) is 0 Å². The van der Waals surface area contributed by atoms with E-state index < -0.39 is 17.6 Å².